The van der Waals surface area contributed by atoms with E-state index in [1.807, 2.05) is 42.5 Å². The topological polar surface area (TPSA) is 87.7 Å². The van der Waals surface area contributed by atoms with Gasteiger partial charge in [-0.3, -0.25) is 14.5 Å². The number of hydrogen-bond acceptors (Lipinski definition) is 4. The Kier molecular flexibility index (Phi) is 5.71. The number of nitrogens with one attached hydrogen (secondary N) is 2. The Bertz CT molecular complexity index is 1280. The van der Waals surface area contributed by atoms with Crippen molar-refractivity contribution in [1.82, 2.24) is 10.2 Å². The molecule has 34 heavy (non-hydrogen) atoms. The monoisotopic (exact) mass is 475 g/mol. The molecule has 1 aliphatic heterocycles. The molecule has 0 radical (unpaired) electrons. The van der Waals surface area contributed by atoms with Crippen molar-refractivity contribution in [1.29, 1.82) is 0 Å². The van der Waals surface area contributed by atoms with E-state index in [0.717, 1.165) is 28.9 Å². The lowest BCUT2D eigenvalue weighted by Gasteiger charge is -2.33. The van der Waals surface area contributed by atoms with E-state index >= 15 is 0 Å². The first-order valence-electron chi connectivity index (χ1n) is 11.0. The first kappa shape index (κ1) is 22.0. The van der Waals surface area contributed by atoms with Crippen LogP contribution in [0.2, 0.25) is 5.02 Å². The maximum absolute atomic E-state index is 13.4. The van der Waals surface area contributed by atoms with Gasteiger partial charge in [-0.05, 0) is 60.7 Å². The summed E-state index contributed by atoms with van der Waals surface area (Å²) in [6.07, 6.45) is 2.11. The minimum Gasteiger partial charge on any atom is -0.455 e. The average molecular weight is 476 g/mol. The van der Waals surface area contributed by atoms with Gasteiger partial charge in [0.05, 0.1) is 5.69 Å². The maximum Gasteiger partial charge on any atom is 0.325 e. The van der Waals surface area contributed by atoms with Crippen LogP contribution in [0.4, 0.5) is 10.5 Å². The maximum atomic E-state index is 13.4. The van der Waals surface area contributed by atoms with Gasteiger partial charge in [-0.1, -0.05) is 54.1 Å². The number of nitrogens with zero attached hydrogens (tertiary/aromatic N) is 1. The van der Waals surface area contributed by atoms with Crippen molar-refractivity contribution in [2.24, 2.45) is 0 Å². The van der Waals surface area contributed by atoms with E-state index in [1.165, 1.54) is 0 Å². The van der Waals surface area contributed by atoms with Crippen LogP contribution in [-0.4, -0.2) is 29.3 Å². The second-order valence-electron chi connectivity index (χ2n) is 8.34. The van der Waals surface area contributed by atoms with E-state index in [-0.39, 0.29) is 0 Å². The van der Waals surface area contributed by atoms with Crippen molar-refractivity contribution in [3.05, 3.63) is 88.9 Å². The molecule has 0 unspecified atom stereocenters. The highest BCUT2D eigenvalue weighted by atomic mass is 35.5. The number of imide groups is 1. The predicted molar refractivity (Wildman–Crippen MR) is 128 cm³/mol. The molecule has 1 spiro atoms. The zero-order valence-corrected chi connectivity index (χ0v) is 19.0. The molecule has 2 N–H and O–H groups in total. The van der Waals surface area contributed by atoms with Crippen molar-refractivity contribution >= 4 is 35.1 Å². The molecule has 8 heteroatoms. The second-order valence-corrected chi connectivity index (χ2v) is 8.78. The summed E-state index contributed by atoms with van der Waals surface area (Å²) in [5, 5.41) is 5.99. The van der Waals surface area contributed by atoms with E-state index in [4.69, 9.17) is 16.3 Å². The van der Waals surface area contributed by atoms with Crippen LogP contribution in [0.1, 0.15) is 24.0 Å². The molecular weight excluding hydrogens is 454 g/mol. The summed E-state index contributed by atoms with van der Waals surface area (Å²) in [7, 11) is 0. The van der Waals surface area contributed by atoms with Crippen molar-refractivity contribution in [2.75, 3.05) is 11.9 Å². The Morgan fingerprint density at radius 2 is 1.82 bits per heavy atom. The molecule has 0 bridgehead atoms. The number of halogens is 1. The fourth-order valence-electron chi connectivity index (χ4n) is 4.59. The molecule has 0 aromatic heterocycles. The van der Waals surface area contributed by atoms with E-state index < -0.39 is 29.9 Å². The van der Waals surface area contributed by atoms with Crippen LogP contribution in [-0.2, 0) is 21.5 Å². The van der Waals surface area contributed by atoms with Gasteiger partial charge in [0.2, 0.25) is 5.91 Å². The summed E-state index contributed by atoms with van der Waals surface area (Å²) in [5.41, 5.74) is 1.06. The quantitative estimate of drug-likeness (QED) is 0.516. The van der Waals surface area contributed by atoms with Crippen LogP contribution in [0.3, 0.4) is 0 Å². The first-order valence-corrected chi connectivity index (χ1v) is 11.4. The standard InChI is InChI=1S/C26H22ClN3O4/c27-18-12-13-22(34-19-9-2-1-3-10-19)21(15-18)28-23(31)16-30-24(32)26(29-25(30)33)14-6-8-17-7-4-5-11-20(17)26/h1-5,7,9-13,15H,6,8,14,16H2,(H,28,31)(H,29,33)/t26-/m0/s1. The molecule has 5 rings (SSSR count). The molecule has 2 aliphatic rings. The Balaban J connectivity index is 1.35. The third-order valence-electron chi connectivity index (χ3n) is 6.14. The van der Waals surface area contributed by atoms with Gasteiger partial charge in [-0.15, -0.1) is 0 Å². The smallest absolute Gasteiger partial charge is 0.325 e. The predicted octanol–water partition coefficient (Wildman–Crippen LogP) is 4.85. The zero-order chi connectivity index (χ0) is 23.7. The lowest BCUT2D eigenvalue weighted by atomic mass is 9.76. The van der Waals surface area contributed by atoms with Gasteiger partial charge in [0, 0.05) is 5.02 Å². The summed E-state index contributed by atoms with van der Waals surface area (Å²) in [4.78, 5) is 40.1. The summed E-state index contributed by atoms with van der Waals surface area (Å²) < 4.78 is 5.87. The average Bonchev–Trinajstić information content (AvgIpc) is 3.06. The molecule has 172 valence electrons. The number of amides is 4. The molecule has 7 nitrogen and oxygen atoms in total. The highest BCUT2D eigenvalue weighted by molar-refractivity contribution is 6.31. The summed E-state index contributed by atoms with van der Waals surface area (Å²) >= 11 is 6.13. The molecule has 1 aliphatic carbocycles. The molecule has 3 aromatic carbocycles. The van der Waals surface area contributed by atoms with Crippen LogP contribution < -0.4 is 15.4 Å². The molecule has 4 amide bonds. The van der Waals surface area contributed by atoms with Crippen LogP contribution >= 0.6 is 11.6 Å². The van der Waals surface area contributed by atoms with Crippen molar-refractivity contribution in [3.63, 3.8) is 0 Å². The molecule has 1 saturated heterocycles. The van der Waals surface area contributed by atoms with Crippen LogP contribution in [0.5, 0.6) is 11.5 Å². The van der Waals surface area contributed by atoms with Gasteiger partial charge in [-0.25, -0.2) is 4.79 Å². The van der Waals surface area contributed by atoms with Crippen molar-refractivity contribution in [3.8, 4) is 11.5 Å². The molecule has 3 aromatic rings. The molecule has 1 fully saturated rings. The number of hydrogen-bond donors (Lipinski definition) is 2. The largest absolute Gasteiger partial charge is 0.455 e. The number of benzene rings is 3. The fourth-order valence-corrected chi connectivity index (χ4v) is 4.76. The SMILES string of the molecule is O=C(CN1C(=O)N[C@]2(CCCc3ccccc32)C1=O)Nc1cc(Cl)ccc1Oc1ccccc1. The van der Waals surface area contributed by atoms with Gasteiger partial charge in [-0.2, -0.15) is 0 Å². The number of rotatable bonds is 5. The lowest BCUT2D eigenvalue weighted by Crippen LogP contribution is -2.47. The van der Waals surface area contributed by atoms with E-state index in [2.05, 4.69) is 10.6 Å². The fraction of sp³-hybridized carbons (Fsp3) is 0.192. The summed E-state index contributed by atoms with van der Waals surface area (Å²) in [6, 6.07) is 21.0. The Hall–Kier alpha value is -3.84. The molecule has 1 heterocycles. The number of carbonyl (C=O) groups excluding carboxylic acids is 3. The van der Waals surface area contributed by atoms with Gasteiger partial charge >= 0.3 is 6.03 Å². The Morgan fingerprint density at radius 3 is 2.65 bits per heavy atom. The molecular formula is C26H22ClN3O4. The van der Waals surface area contributed by atoms with Crippen LogP contribution in [0.25, 0.3) is 0 Å². The molecule has 0 saturated carbocycles. The number of fused-ring (bicyclic) bond motifs is 2. The molecule has 1 atom stereocenters. The number of anilines is 1. The summed E-state index contributed by atoms with van der Waals surface area (Å²) in [6.45, 7) is -0.425. The van der Waals surface area contributed by atoms with E-state index in [1.54, 1.807) is 30.3 Å². The first-order chi connectivity index (χ1) is 16.5. The minimum absolute atomic E-state index is 0.339. The number of aryl methyl sites for hydroxylation is 1. The van der Waals surface area contributed by atoms with Gasteiger partial charge in [0.25, 0.3) is 5.91 Å². The number of ether oxygens (including phenoxy) is 1. The van der Waals surface area contributed by atoms with Gasteiger partial charge in [0.15, 0.2) is 5.75 Å². The third-order valence-corrected chi connectivity index (χ3v) is 6.37. The second kappa shape index (κ2) is 8.83. The number of para-hydroxylation sites is 1. The Labute approximate surface area is 201 Å². The van der Waals surface area contributed by atoms with Gasteiger partial charge < -0.3 is 15.4 Å². The third kappa shape index (κ3) is 3.99. The van der Waals surface area contributed by atoms with Crippen LogP contribution in [0.15, 0.2) is 72.8 Å². The Morgan fingerprint density at radius 1 is 1.06 bits per heavy atom. The number of urea groups is 1. The summed E-state index contributed by atoms with van der Waals surface area (Å²) in [5.74, 6) is 0.0302. The number of carbonyl (C=O) groups is 3. The highest BCUT2D eigenvalue weighted by Crippen LogP contribution is 2.40. The van der Waals surface area contributed by atoms with E-state index in [0.29, 0.717) is 28.6 Å². The van der Waals surface area contributed by atoms with E-state index in [9.17, 15) is 14.4 Å². The van der Waals surface area contributed by atoms with Crippen molar-refractivity contribution in [2.45, 2.75) is 24.8 Å². The van der Waals surface area contributed by atoms with Crippen molar-refractivity contribution < 1.29 is 19.1 Å². The lowest BCUT2D eigenvalue weighted by molar-refractivity contribution is -0.134. The van der Waals surface area contributed by atoms with Gasteiger partial charge in [0.1, 0.15) is 17.8 Å². The highest BCUT2D eigenvalue weighted by Gasteiger charge is 2.54. The zero-order valence-electron chi connectivity index (χ0n) is 18.2. The minimum atomic E-state index is -1.12. The normalized spacial score (nSPS) is 19.0. The van der Waals surface area contributed by atoms with Crippen LogP contribution in [0, 0.1) is 0 Å².